The lowest BCUT2D eigenvalue weighted by Gasteiger charge is -2.20. The van der Waals surface area contributed by atoms with Crippen molar-refractivity contribution < 1.29 is 43.9 Å². The third kappa shape index (κ3) is 3.70. The molecule has 5 aromatic rings. The summed E-state index contributed by atoms with van der Waals surface area (Å²) in [4.78, 5) is 0. The highest BCUT2D eigenvalue weighted by Crippen LogP contribution is 2.48. The quantitative estimate of drug-likeness (QED) is 0.123. The smallest absolute Gasteiger partial charge is 0.207 e. The summed E-state index contributed by atoms with van der Waals surface area (Å²) in [5.74, 6) is -13.3. The second-order valence-corrected chi connectivity index (χ2v) is 8.09. The molecule has 0 aliphatic heterocycles. The molecule has 0 radical (unpaired) electrons. The summed E-state index contributed by atoms with van der Waals surface area (Å²) in [7, 11) is 0. The summed E-state index contributed by atoms with van der Waals surface area (Å²) in [5, 5.41) is -1.09. The molecular formula is C27H10F10. The SMILES string of the molecule is Fc1ccc(-c2c3ccccc3c(-c3c(F)c(F)c(C(F)(F)F)c(F)c3F)c3c(F)cccc23)c(F)c1. The molecule has 5 rings (SSSR count). The minimum Gasteiger partial charge on any atom is -0.207 e. The second kappa shape index (κ2) is 8.50. The van der Waals surface area contributed by atoms with E-state index in [9.17, 15) is 30.7 Å². The van der Waals surface area contributed by atoms with Crippen molar-refractivity contribution in [2.75, 3.05) is 0 Å². The minimum atomic E-state index is -5.77. The molecule has 0 atom stereocenters. The van der Waals surface area contributed by atoms with Crippen LogP contribution in [0.25, 0.3) is 43.8 Å². The van der Waals surface area contributed by atoms with E-state index in [1.54, 1.807) is 0 Å². The maximum absolute atomic E-state index is 15.3. The van der Waals surface area contributed by atoms with E-state index in [0.717, 1.165) is 18.2 Å². The third-order valence-corrected chi connectivity index (χ3v) is 6.00. The van der Waals surface area contributed by atoms with Gasteiger partial charge in [0, 0.05) is 28.1 Å². The minimum absolute atomic E-state index is 0.000576. The van der Waals surface area contributed by atoms with Crippen LogP contribution in [0.4, 0.5) is 43.9 Å². The molecule has 0 aromatic heterocycles. The molecule has 0 unspecified atom stereocenters. The van der Waals surface area contributed by atoms with Crippen LogP contribution in [0, 0.1) is 40.7 Å². The van der Waals surface area contributed by atoms with E-state index >= 15 is 13.2 Å². The highest BCUT2D eigenvalue weighted by Gasteiger charge is 2.43. The summed E-state index contributed by atoms with van der Waals surface area (Å²) in [6.07, 6.45) is -5.77. The zero-order valence-corrected chi connectivity index (χ0v) is 18.1. The summed E-state index contributed by atoms with van der Waals surface area (Å²) in [5.41, 5.74) is -5.40. The summed E-state index contributed by atoms with van der Waals surface area (Å²) in [6.45, 7) is 0. The van der Waals surface area contributed by atoms with Crippen LogP contribution in [0.2, 0.25) is 0 Å². The summed E-state index contributed by atoms with van der Waals surface area (Å²) >= 11 is 0. The molecule has 0 saturated heterocycles. The predicted molar refractivity (Wildman–Crippen MR) is 117 cm³/mol. The van der Waals surface area contributed by atoms with Gasteiger partial charge in [-0.15, -0.1) is 0 Å². The fraction of sp³-hybridized carbons (Fsp3) is 0.0370. The van der Waals surface area contributed by atoms with Gasteiger partial charge in [0.2, 0.25) is 0 Å². The molecule has 0 saturated carbocycles. The van der Waals surface area contributed by atoms with Crippen LogP contribution in [0.5, 0.6) is 0 Å². The van der Waals surface area contributed by atoms with Gasteiger partial charge in [-0.1, -0.05) is 36.4 Å². The third-order valence-electron chi connectivity index (χ3n) is 6.00. The van der Waals surface area contributed by atoms with Crippen molar-refractivity contribution in [2.45, 2.75) is 6.18 Å². The van der Waals surface area contributed by atoms with Crippen LogP contribution in [-0.2, 0) is 6.18 Å². The van der Waals surface area contributed by atoms with Gasteiger partial charge in [0.15, 0.2) is 23.3 Å². The van der Waals surface area contributed by atoms with Crippen molar-refractivity contribution in [3.63, 3.8) is 0 Å². The molecule has 188 valence electrons. The maximum Gasteiger partial charge on any atom is 0.422 e. The molecule has 0 N–H and O–H groups in total. The number of halogens is 10. The first-order chi connectivity index (χ1) is 17.4. The van der Waals surface area contributed by atoms with Gasteiger partial charge in [0.05, 0.1) is 5.56 Å². The number of benzene rings is 5. The molecule has 0 amide bonds. The van der Waals surface area contributed by atoms with E-state index in [-0.39, 0.29) is 27.3 Å². The zero-order chi connectivity index (χ0) is 26.8. The molecule has 0 heterocycles. The fourth-order valence-corrected chi connectivity index (χ4v) is 4.53. The van der Waals surface area contributed by atoms with E-state index in [1.165, 1.54) is 36.4 Å². The van der Waals surface area contributed by atoms with E-state index < -0.39 is 69.0 Å². The van der Waals surface area contributed by atoms with E-state index in [2.05, 4.69) is 0 Å². The Morgan fingerprint density at radius 3 is 1.62 bits per heavy atom. The van der Waals surface area contributed by atoms with Gasteiger partial charge in [-0.3, -0.25) is 0 Å². The van der Waals surface area contributed by atoms with Crippen molar-refractivity contribution in [3.05, 3.63) is 107 Å². The molecule has 0 spiro atoms. The Balaban J connectivity index is 2.04. The number of hydrogen-bond acceptors (Lipinski definition) is 0. The molecule has 0 aliphatic carbocycles. The van der Waals surface area contributed by atoms with E-state index in [0.29, 0.717) is 6.07 Å². The number of alkyl halides is 3. The number of fused-ring (bicyclic) bond motifs is 2. The molecule has 10 heteroatoms. The van der Waals surface area contributed by atoms with Gasteiger partial charge >= 0.3 is 6.18 Å². The first-order valence-electron chi connectivity index (χ1n) is 10.4. The lowest BCUT2D eigenvalue weighted by atomic mass is 9.85. The van der Waals surface area contributed by atoms with E-state index in [1.807, 2.05) is 0 Å². The van der Waals surface area contributed by atoms with Crippen LogP contribution in [0.15, 0.2) is 60.7 Å². The van der Waals surface area contributed by atoms with Crippen LogP contribution in [-0.4, -0.2) is 0 Å². The van der Waals surface area contributed by atoms with Crippen LogP contribution >= 0.6 is 0 Å². The Morgan fingerprint density at radius 1 is 0.486 bits per heavy atom. The normalized spacial score (nSPS) is 12.1. The second-order valence-electron chi connectivity index (χ2n) is 8.09. The lowest BCUT2D eigenvalue weighted by molar-refractivity contribution is -0.143. The molecule has 0 aliphatic rings. The largest absolute Gasteiger partial charge is 0.422 e. The molecule has 37 heavy (non-hydrogen) atoms. The Labute approximate surface area is 201 Å². The average molecular weight is 524 g/mol. The Bertz CT molecular complexity index is 1710. The summed E-state index contributed by atoms with van der Waals surface area (Å²) in [6, 6.07) is 11.0. The molecule has 0 bridgehead atoms. The monoisotopic (exact) mass is 524 g/mol. The standard InChI is InChI=1S/C27H10F10/c28-11-8-9-14(17(30)10-11)18-12-4-1-2-5-13(12)20(19-15(18)6-3-7-16(19)29)21-23(31)25(33)22(27(35,36)37)26(34)24(21)32/h1-10H. The Hall–Kier alpha value is -4.08. The van der Waals surface area contributed by atoms with Crippen molar-refractivity contribution in [2.24, 2.45) is 0 Å². The first-order valence-corrected chi connectivity index (χ1v) is 10.4. The van der Waals surface area contributed by atoms with Gasteiger partial charge < -0.3 is 0 Å². The number of rotatable bonds is 2. The van der Waals surface area contributed by atoms with Crippen molar-refractivity contribution in [1.82, 2.24) is 0 Å². The molecule has 0 fully saturated rings. The molecule has 5 aromatic carbocycles. The van der Waals surface area contributed by atoms with Gasteiger partial charge in [-0.05, 0) is 34.4 Å². The van der Waals surface area contributed by atoms with Crippen molar-refractivity contribution in [1.29, 1.82) is 0 Å². The van der Waals surface area contributed by atoms with Crippen molar-refractivity contribution >= 4 is 21.5 Å². The van der Waals surface area contributed by atoms with Gasteiger partial charge in [0.1, 0.15) is 23.0 Å². The van der Waals surface area contributed by atoms with Crippen molar-refractivity contribution in [3.8, 4) is 22.3 Å². The van der Waals surface area contributed by atoms with Gasteiger partial charge in [0.25, 0.3) is 0 Å². The highest BCUT2D eigenvalue weighted by atomic mass is 19.4. The number of hydrogen-bond donors (Lipinski definition) is 0. The Morgan fingerprint density at radius 2 is 1.05 bits per heavy atom. The topological polar surface area (TPSA) is 0 Å². The van der Waals surface area contributed by atoms with Crippen LogP contribution in [0.1, 0.15) is 5.56 Å². The molecule has 0 nitrogen and oxygen atoms in total. The van der Waals surface area contributed by atoms with Gasteiger partial charge in [-0.2, -0.15) is 13.2 Å². The summed E-state index contributed by atoms with van der Waals surface area (Å²) < 4.78 is 143. The van der Waals surface area contributed by atoms with Crippen LogP contribution in [0.3, 0.4) is 0 Å². The maximum atomic E-state index is 15.3. The first kappa shape index (κ1) is 24.6. The van der Waals surface area contributed by atoms with Crippen LogP contribution < -0.4 is 0 Å². The van der Waals surface area contributed by atoms with Gasteiger partial charge in [-0.25, -0.2) is 30.7 Å². The predicted octanol–water partition coefficient (Wildman–Crippen LogP) is 9.32. The zero-order valence-electron chi connectivity index (χ0n) is 18.1. The fourth-order valence-electron chi connectivity index (χ4n) is 4.53. The Kier molecular flexibility index (Phi) is 5.65. The lowest BCUT2D eigenvalue weighted by Crippen LogP contribution is -2.16. The average Bonchev–Trinajstić information content (AvgIpc) is 2.82. The molecular weight excluding hydrogens is 514 g/mol. The highest BCUT2D eigenvalue weighted by molar-refractivity contribution is 6.21. The van der Waals surface area contributed by atoms with E-state index in [4.69, 9.17) is 0 Å².